The van der Waals surface area contributed by atoms with E-state index in [1.807, 2.05) is 25.1 Å². The largest absolute Gasteiger partial charge is 0.485 e. The quantitative estimate of drug-likeness (QED) is 0.377. The molecule has 3 atom stereocenters. The number of hydrogen-bond acceptors (Lipinski definition) is 7. The number of nitrogens with zero attached hydrogens (tertiary/aromatic N) is 4. The number of imidazole rings is 1. The Morgan fingerprint density at radius 2 is 1.95 bits per heavy atom. The fourth-order valence-corrected chi connectivity index (χ4v) is 5.41. The van der Waals surface area contributed by atoms with Crippen LogP contribution in [-0.2, 0) is 17.1 Å². The van der Waals surface area contributed by atoms with Crippen molar-refractivity contribution < 1.29 is 27.9 Å². The van der Waals surface area contributed by atoms with E-state index in [1.54, 1.807) is 50.2 Å². The standard InChI is InChI=1S/C27H34N6O6S/c1-18-13-33(19(2)16-34)26(35)21-11-8-12-22(30-40(37,38)24-15-31(3)17-28-24)25(21)39-23(18)14-32(4)27(36)29-20-9-6-5-7-10-20/h5-12,15,17-19,23,30,34H,13-14,16H2,1-4H3,(H,29,36)/t18-,19-,23+/m1/s1. The van der Waals surface area contributed by atoms with E-state index in [0.29, 0.717) is 5.69 Å². The molecule has 40 heavy (non-hydrogen) atoms. The molecule has 0 radical (unpaired) electrons. The van der Waals surface area contributed by atoms with E-state index in [4.69, 9.17) is 4.74 Å². The number of aromatic nitrogens is 2. The Hall–Kier alpha value is -4.10. The highest BCUT2D eigenvalue weighted by atomic mass is 32.2. The van der Waals surface area contributed by atoms with E-state index in [-0.39, 0.29) is 53.7 Å². The average Bonchev–Trinajstić information content (AvgIpc) is 3.38. The number of carbonyl (C=O) groups is 2. The second-order valence-electron chi connectivity index (χ2n) is 9.96. The molecule has 1 aliphatic heterocycles. The number of rotatable bonds is 8. The Labute approximate surface area is 233 Å². The highest BCUT2D eigenvalue weighted by Gasteiger charge is 2.35. The third-order valence-electron chi connectivity index (χ3n) is 6.72. The molecule has 214 valence electrons. The summed E-state index contributed by atoms with van der Waals surface area (Å²) in [6.45, 7) is 3.74. The van der Waals surface area contributed by atoms with Gasteiger partial charge in [0, 0.05) is 38.4 Å². The smallest absolute Gasteiger partial charge is 0.321 e. The molecule has 0 spiro atoms. The number of hydrogen-bond donors (Lipinski definition) is 3. The summed E-state index contributed by atoms with van der Waals surface area (Å²) in [5, 5.41) is 12.5. The second kappa shape index (κ2) is 12.0. The van der Waals surface area contributed by atoms with Crippen molar-refractivity contribution in [3.63, 3.8) is 0 Å². The van der Waals surface area contributed by atoms with Gasteiger partial charge in [0.2, 0.25) is 0 Å². The van der Waals surface area contributed by atoms with Crippen LogP contribution in [0.3, 0.4) is 0 Å². The zero-order valence-electron chi connectivity index (χ0n) is 22.8. The van der Waals surface area contributed by atoms with Gasteiger partial charge in [-0.3, -0.25) is 9.52 Å². The fraction of sp³-hybridized carbons (Fsp3) is 0.370. The number of aliphatic hydroxyl groups is 1. The van der Waals surface area contributed by atoms with Crippen molar-refractivity contribution >= 4 is 33.3 Å². The van der Waals surface area contributed by atoms with Gasteiger partial charge in [0.15, 0.2) is 10.8 Å². The number of aryl methyl sites for hydroxylation is 1. The maximum absolute atomic E-state index is 13.6. The highest BCUT2D eigenvalue weighted by molar-refractivity contribution is 7.92. The number of anilines is 2. The minimum absolute atomic E-state index is 0.0376. The highest BCUT2D eigenvalue weighted by Crippen LogP contribution is 2.36. The Morgan fingerprint density at radius 1 is 1.23 bits per heavy atom. The predicted octanol–water partition coefficient (Wildman–Crippen LogP) is 2.60. The van der Waals surface area contributed by atoms with E-state index in [2.05, 4.69) is 15.0 Å². The summed E-state index contributed by atoms with van der Waals surface area (Å²) in [4.78, 5) is 33.5. The molecule has 0 fully saturated rings. The molecule has 0 aliphatic carbocycles. The number of fused-ring (bicyclic) bond motifs is 1. The Kier molecular flexibility index (Phi) is 8.64. The van der Waals surface area contributed by atoms with E-state index in [1.165, 1.54) is 28.1 Å². The fourth-order valence-electron chi connectivity index (χ4n) is 4.36. The minimum atomic E-state index is -4.10. The molecule has 4 rings (SSSR count). The maximum atomic E-state index is 13.6. The van der Waals surface area contributed by atoms with Crippen molar-refractivity contribution in [2.24, 2.45) is 13.0 Å². The van der Waals surface area contributed by atoms with Gasteiger partial charge in [-0.1, -0.05) is 31.2 Å². The molecule has 1 aliphatic rings. The summed E-state index contributed by atoms with van der Waals surface area (Å²) in [6, 6.07) is 12.8. The molecular formula is C27H34N6O6S. The van der Waals surface area contributed by atoms with Gasteiger partial charge in [-0.15, -0.1) is 0 Å². The third kappa shape index (κ3) is 6.37. The molecule has 0 saturated heterocycles. The molecule has 13 heteroatoms. The normalized spacial score (nSPS) is 18.1. The second-order valence-corrected chi connectivity index (χ2v) is 11.6. The number of benzene rings is 2. The van der Waals surface area contributed by atoms with Gasteiger partial charge in [-0.25, -0.2) is 9.78 Å². The van der Waals surface area contributed by atoms with Crippen LogP contribution >= 0.6 is 0 Å². The van der Waals surface area contributed by atoms with Crippen molar-refractivity contribution in [3.05, 3.63) is 66.6 Å². The number of amides is 3. The number of likely N-dealkylation sites (N-methyl/N-ethyl adjacent to an activating group) is 1. The molecule has 3 amide bonds. The molecular weight excluding hydrogens is 536 g/mol. The van der Waals surface area contributed by atoms with Gasteiger partial charge < -0.3 is 29.5 Å². The lowest BCUT2D eigenvalue weighted by atomic mass is 9.99. The molecule has 0 bridgehead atoms. The van der Waals surface area contributed by atoms with Gasteiger partial charge >= 0.3 is 6.03 Å². The molecule has 12 nitrogen and oxygen atoms in total. The molecule has 0 unspecified atom stereocenters. The van der Waals surface area contributed by atoms with E-state index >= 15 is 0 Å². The van der Waals surface area contributed by atoms with Crippen LogP contribution < -0.4 is 14.8 Å². The third-order valence-corrected chi connectivity index (χ3v) is 7.97. The lowest BCUT2D eigenvalue weighted by Gasteiger charge is -2.38. The average molecular weight is 571 g/mol. The first-order chi connectivity index (χ1) is 19.0. The minimum Gasteiger partial charge on any atom is -0.485 e. The van der Waals surface area contributed by atoms with Crippen LogP contribution in [0.2, 0.25) is 0 Å². The summed E-state index contributed by atoms with van der Waals surface area (Å²) >= 11 is 0. The summed E-state index contributed by atoms with van der Waals surface area (Å²) < 4.78 is 36.6. The number of nitrogens with one attached hydrogen (secondary N) is 2. The van der Waals surface area contributed by atoms with Gasteiger partial charge in [-0.2, -0.15) is 8.42 Å². The SMILES string of the molecule is C[C@@H]1CN([C@H](C)CO)C(=O)c2cccc(NS(=O)(=O)c3cn(C)cn3)c2O[C@H]1CN(C)C(=O)Nc1ccccc1. The van der Waals surface area contributed by atoms with Gasteiger partial charge in [0.05, 0.1) is 36.8 Å². The lowest BCUT2D eigenvalue weighted by molar-refractivity contribution is 0.0373. The van der Waals surface area contributed by atoms with Crippen LogP contribution in [0.1, 0.15) is 24.2 Å². The summed E-state index contributed by atoms with van der Waals surface area (Å²) in [5.41, 5.74) is 0.828. The maximum Gasteiger partial charge on any atom is 0.321 e. The van der Waals surface area contributed by atoms with Crippen molar-refractivity contribution in [3.8, 4) is 5.75 Å². The van der Waals surface area contributed by atoms with Crippen LogP contribution in [0, 0.1) is 5.92 Å². The van der Waals surface area contributed by atoms with Crippen molar-refractivity contribution in [1.29, 1.82) is 0 Å². The summed E-state index contributed by atoms with van der Waals surface area (Å²) in [7, 11) is -0.823. The zero-order valence-corrected chi connectivity index (χ0v) is 23.6. The number of para-hydroxylation sites is 2. The van der Waals surface area contributed by atoms with Crippen molar-refractivity contribution in [1.82, 2.24) is 19.4 Å². The number of urea groups is 1. The summed E-state index contributed by atoms with van der Waals surface area (Å²) in [6.07, 6.45) is 2.09. The molecule has 2 aromatic carbocycles. The topological polar surface area (TPSA) is 146 Å². The number of sulfonamides is 1. The van der Waals surface area contributed by atoms with E-state index in [0.717, 1.165) is 0 Å². The first-order valence-electron chi connectivity index (χ1n) is 12.8. The first kappa shape index (κ1) is 28.9. The monoisotopic (exact) mass is 570 g/mol. The number of aliphatic hydroxyl groups excluding tert-OH is 1. The Bertz CT molecular complexity index is 1460. The predicted molar refractivity (Wildman–Crippen MR) is 150 cm³/mol. The van der Waals surface area contributed by atoms with Crippen molar-refractivity contribution in [2.75, 3.05) is 36.8 Å². The Morgan fingerprint density at radius 3 is 2.60 bits per heavy atom. The van der Waals surface area contributed by atoms with Crippen LogP contribution in [0.5, 0.6) is 5.75 Å². The molecule has 1 aromatic heterocycles. The van der Waals surface area contributed by atoms with Crippen molar-refractivity contribution in [2.45, 2.75) is 31.0 Å². The van der Waals surface area contributed by atoms with Gasteiger partial charge in [0.1, 0.15) is 6.10 Å². The molecule has 3 N–H and O–H groups in total. The number of carbonyl (C=O) groups excluding carboxylic acids is 2. The van der Waals surface area contributed by atoms with Crippen LogP contribution in [-0.4, -0.2) is 83.7 Å². The summed E-state index contributed by atoms with van der Waals surface area (Å²) in [5.74, 6) is -0.662. The van der Waals surface area contributed by atoms with Crippen LogP contribution in [0.15, 0.2) is 66.1 Å². The lowest BCUT2D eigenvalue weighted by Crippen LogP contribution is -2.50. The van der Waals surface area contributed by atoms with Gasteiger partial charge in [0.25, 0.3) is 15.9 Å². The van der Waals surface area contributed by atoms with Crippen LogP contribution in [0.25, 0.3) is 0 Å². The van der Waals surface area contributed by atoms with Gasteiger partial charge in [-0.05, 0) is 31.2 Å². The molecule has 3 aromatic rings. The Balaban J connectivity index is 1.69. The van der Waals surface area contributed by atoms with Crippen LogP contribution in [0.4, 0.5) is 16.2 Å². The molecule has 2 heterocycles. The molecule has 0 saturated carbocycles. The van der Waals surface area contributed by atoms with E-state index in [9.17, 15) is 23.1 Å². The number of ether oxygens (including phenoxy) is 1. The van der Waals surface area contributed by atoms with E-state index < -0.39 is 28.1 Å². The zero-order chi connectivity index (χ0) is 29.0. The first-order valence-corrected chi connectivity index (χ1v) is 14.3.